The molecule has 24 heavy (non-hydrogen) atoms. The molecule has 4 rings (SSSR count). The Morgan fingerprint density at radius 2 is 2.00 bits per heavy atom. The molecule has 0 amide bonds. The molecule has 0 saturated carbocycles. The Morgan fingerprint density at radius 3 is 2.75 bits per heavy atom. The maximum absolute atomic E-state index is 13.7. The summed E-state index contributed by atoms with van der Waals surface area (Å²) < 4.78 is 29.4. The first-order chi connectivity index (χ1) is 11.6. The Morgan fingerprint density at radius 1 is 1.21 bits per heavy atom. The predicted molar refractivity (Wildman–Crippen MR) is 86.4 cm³/mol. The number of aliphatic hydroxyl groups excluding tert-OH is 1. The number of fused-ring (bicyclic) bond motifs is 1. The van der Waals surface area contributed by atoms with Crippen LogP contribution in [0.4, 0.5) is 8.78 Å². The molecule has 1 aromatic carbocycles. The molecule has 2 aromatic rings. The van der Waals surface area contributed by atoms with Gasteiger partial charge in [0.2, 0.25) is 0 Å². The summed E-state index contributed by atoms with van der Waals surface area (Å²) in [6.45, 7) is -0.161. The molecule has 1 atom stereocenters. The minimum atomic E-state index is -2.72. The number of para-hydroxylation sites is 1. The van der Waals surface area contributed by atoms with E-state index in [-0.39, 0.29) is 19.6 Å². The van der Waals surface area contributed by atoms with E-state index < -0.39 is 12.0 Å². The monoisotopic (exact) mass is 333 g/mol. The molecule has 4 nitrogen and oxygen atoms in total. The van der Waals surface area contributed by atoms with Crippen molar-refractivity contribution in [2.75, 3.05) is 13.2 Å². The molecule has 128 valence electrons. The van der Waals surface area contributed by atoms with E-state index in [1.54, 1.807) is 4.90 Å². The fourth-order valence-corrected chi connectivity index (χ4v) is 3.95. The van der Waals surface area contributed by atoms with Crippen LogP contribution < -0.4 is 0 Å². The molecule has 2 heterocycles. The number of likely N-dealkylation sites (tertiary alicyclic amines) is 1. The Kier molecular flexibility index (Phi) is 3.89. The molecule has 1 unspecified atom stereocenters. The van der Waals surface area contributed by atoms with E-state index >= 15 is 0 Å². The fraction of sp³-hybridized carbons (Fsp3) is 0.500. The number of nitrogens with zero attached hydrogens (tertiary/aromatic N) is 3. The topological polar surface area (TPSA) is 41.3 Å². The lowest BCUT2D eigenvalue weighted by Crippen LogP contribution is -2.32. The summed E-state index contributed by atoms with van der Waals surface area (Å²) in [4.78, 5) is 1.68. The second kappa shape index (κ2) is 5.93. The molecule has 1 N–H and O–H groups in total. The molecule has 1 saturated heterocycles. The molecule has 6 heteroatoms. The Bertz CT molecular complexity index is 729. The lowest BCUT2D eigenvalue weighted by Gasteiger charge is -2.21. The van der Waals surface area contributed by atoms with Gasteiger partial charge in [-0.05, 0) is 37.0 Å². The Labute approximate surface area is 139 Å². The quantitative estimate of drug-likeness (QED) is 0.935. The summed E-state index contributed by atoms with van der Waals surface area (Å²) in [5, 5.41) is 14.2. The van der Waals surface area contributed by atoms with Crippen LogP contribution in [0.25, 0.3) is 5.69 Å². The van der Waals surface area contributed by atoms with Crippen LogP contribution in [0.2, 0.25) is 0 Å². The van der Waals surface area contributed by atoms with Gasteiger partial charge in [-0.25, -0.2) is 13.5 Å². The van der Waals surface area contributed by atoms with E-state index in [2.05, 4.69) is 0 Å². The van der Waals surface area contributed by atoms with Gasteiger partial charge < -0.3 is 5.11 Å². The van der Waals surface area contributed by atoms with Gasteiger partial charge in [-0.15, -0.1) is 0 Å². The number of hydrogen-bond acceptors (Lipinski definition) is 3. The molecule has 2 aliphatic rings. The first-order valence-electron chi connectivity index (χ1n) is 8.45. The summed E-state index contributed by atoms with van der Waals surface area (Å²) in [6, 6.07) is 9.44. The van der Waals surface area contributed by atoms with Crippen molar-refractivity contribution in [1.29, 1.82) is 0 Å². The van der Waals surface area contributed by atoms with Gasteiger partial charge in [0.1, 0.15) is 0 Å². The van der Waals surface area contributed by atoms with Crippen molar-refractivity contribution in [2.24, 2.45) is 0 Å². The fourth-order valence-electron chi connectivity index (χ4n) is 3.95. The molecule has 0 bridgehead atoms. The number of alkyl halides is 2. The maximum Gasteiger partial charge on any atom is 0.262 e. The van der Waals surface area contributed by atoms with Gasteiger partial charge in [0.25, 0.3) is 5.92 Å². The zero-order valence-corrected chi connectivity index (χ0v) is 13.5. The Hall–Kier alpha value is -1.79. The van der Waals surface area contributed by atoms with Crippen molar-refractivity contribution >= 4 is 0 Å². The number of rotatable bonds is 4. The minimum absolute atomic E-state index is 0.239. The number of aromatic nitrogens is 2. The minimum Gasteiger partial charge on any atom is -0.395 e. The van der Waals surface area contributed by atoms with Crippen molar-refractivity contribution in [3.63, 3.8) is 0 Å². The average molecular weight is 333 g/mol. The molecule has 0 radical (unpaired) electrons. The molecule has 1 aliphatic carbocycles. The Balaban J connectivity index is 1.65. The van der Waals surface area contributed by atoms with Crippen molar-refractivity contribution < 1.29 is 13.9 Å². The zero-order valence-electron chi connectivity index (χ0n) is 13.5. The van der Waals surface area contributed by atoms with Gasteiger partial charge >= 0.3 is 0 Å². The van der Waals surface area contributed by atoms with Gasteiger partial charge in [-0.2, -0.15) is 5.10 Å². The van der Waals surface area contributed by atoms with E-state index in [0.29, 0.717) is 6.54 Å². The van der Waals surface area contributed by atoms with Crippen molar-refractivity contribution in [3.8, 4) is 5.69 Å². The molecule has 1 fully saturated rings. The van der Waals surface area contributed by atoms with Crippen LogP contribution in [-0.4, -0.2) is 44.9 Å². The van der Waals surface area contributed by atoms with Crippen LogP contribution in [0.15, 0.2) is 30.3 Å². The molecule has 1 aliphatic heterocycles. The average Bonchev–Trinajstić information content (AvgIpc) is 3.23. The largest absolute Gasteiger partial charge is 0.395 e. The van der Waals surface area contributed by atoms with E-state index in [4.69, 9.17) is 5.10 Å². The SMILES string of the molecule is OCC1CC(F)(F)CN1Cc1nn(-c2ccccc2)c2c1CCC2. The van der Waals surface area contributed by atoms with Crippen molar-refractivity contribution in [3.05, 3.63) is 47.3 Å². The number of aliphatic hydroxyl groups is 1. The molecule has 0 spiro atoms. The highest BCUT2D eigenvalue weighted by Crippen LogP contribution is 2.35. The first kappa shape index (κ1) is 15.7. The number of halogens is 2. The van der Waals surface area contributed by atoms with E-state index in [9.17, 15) is 13.9 Å². The van der Waals surface area contributed by atoms with Crippen molar-refractivity contribution in [2.45, 2.75) is 44.2 Å². The summed E-state index contributed by atoms with van der Waals surface area (Å²) in [5.74, 6) is -2.72. The number of benzene rings is 1. The zero-order chi connectivity index (χ0) is 16.7. The summed E-state index contributed by atoms with van der Waals surface area (Å²) >= 11 is 0. The third kappa shape index (κ3) is 2.74. The van der Waals surface area contributed by atoms with E-state index in [0.717, 1.165) is 30.6 Å². The first-order valence-corrected chi connectivity index (χ1v) is 8.45. The van der Waals surface area contributed by atoms with Crippen LogP contribution in [0.3, 0.4) is 0 Å². The predicted octanol–water partition coefficient (Wildman–Crippen LogP) is 2.56. The van der Waals surface area contributed by atoms with Crippen molar-refractivity contribution in [1.82, 2.24) is 14.7 Å². The molecular weight excluding hydrogens is 312 g/mol. The van der Waals surface area contributed by atoms with E-state index in [1.165, 1.54) is 11.3 Å². The standard InChI is InChI=1S/C18H21F2N3O/c19-18(20)9-14(11-24)22(12-18)10-16-15-7-4-8-17(15)23(21-16)13-5-2-1-3-6-13/h1-3,5-6,14,24H,4,7-12H2. The maximum atomic E-state index is 13.7. The van der Waals surface area contributed by atoms with Gasteiger partial charge in [0, 0.05) is 24.7 Å². The summed E-state index contributed by atoms with van der Waals surface area (Å²) in [5.41, 5.74) is 4.28. The van der Waals surface area contributed by atoms with Gasteiger partial charge in [-0.1, -0.05) is 18.2 Å². The van der Waals surface area contributed by atoms with Gasteiger partial charge in [0.05, 0.1) is 24.5 Å². The lowest BCUT2D eigenvalue weighted by molar-refractivity contribution is 0.0110. The number of hydrogen-bond donors (Lipinski definition) is 1. The van der Waals surface area contributed by atoms with Crippen LogP contribution in [0.1, 0.15) is 29.8 Å². The smallest absolute Gasteiger partial charge is 0.262 e. The summed E-state index contributed by atoms with van der Waals surface area (Å²) in [7, 11) is 0. The second-order valence-electron chi connectivity index (χ2n) is 6.77. The van der Waals surface area contributed by atoms with Crippen LogP contribution in [0.5, 0.6) is 0 Å². The lowest BCUT2D eigenvalue weighted by atomic mass is 10.1. The molecule has 1 aromatic heterocycles. The normalized spacial score (nSPS) is 22.9. The van der Waals surface area contributed by atoms with Gasteiger partial charge in [0.15, 0.2) is 0 Å². The van der Waals surface area contributed by atoms with Gasteiger partial charge in [-0.3, -0.25) is 4.90 Å². The third-order valence-corrected chi connectivity index (χ3v) is 5.06. The highest BCUT2D eigenvalue weighted by molar-refractivity contribution is 5.39. The van der Waals surface area contributed by atoms with Crippen LogP contribution in [0, 0.1) is 0 Å². The second-order valence-corrected chi connectivity index (χ2v) is 6.77. The van der Waals surface area contributed by atoms with Crippen LogP contribution >= 0.6 is 0 Å². The third-order valence-electron chi connectivity index (χ3n) is 5.06. The highest BCUT2D eigenvalue weighted by atomic mass is 19.3. The summed E-state index contributed by atoms with van der Waals surface area (Å²) in [6.07, 6.45) is 2.72. The highest BCUT2D eigenvalue weighted by Gasteiger charge is 2.45. The van der Waals surface area contributed by atoms with Crippen LogP contribution in [-0.2, 0) is 19.4 Å². The van der Waals surface area contributed by atoms with E-state index in [1.807, 2.05) is 35.0 Å². The molecular formula is C18H21F2N3O.